The predicted octanol–water partition coefficient (Wildman–Crippen LogP) is 1.86. The molecular formula is C10H15NO. The number of nitriles is 1. The van der Waals surface area contributed by atoms with E-state index in [0.29, 0.717) is 5.92 Å². The standard InChI is InChI=1S/C10H15NO/c1-2-8-5-3-4-6-9(8)10(12)7-11/h3,5,8-10,12H,2,4,6H2,1H3/t8-,9+,10?/m0/s1. The van der Waals surface area contributed by atoms with Gasteiger partial charge in [-0.1, -0.05) is 19.1 Å². The molecule has 12 heavy (non-hydrogen) atoms. The molecule has 0 fully saturated rings. The van der Waals surface area contributed by atoms with E-state index in [-0.39, 0.29) is 5.92 Å². The molecule has 0 aromatic heterocycles. The smallest absolute Gasteiger partial charge is 0.143 e. The van der Waals surface area contributed by atoms with Gasteiger partial charge in [-0.25, -0.2) is 0 Å². The average Bonchev–Trinajstić information content (AvgIpc) is 2.16. The van der Waals surface area contributed by atoms with Crippen LogP contribution in [0.2, 0.25) is 0 Å². The molecule has 1 aliphatic rings. The maximum Gasteiger partial charge on any atom is 0.143 e. The predicted molar refractivity (Wildman–Crippen MR) is 47.3 cm³/mol. The Hall–Kier alpha value is -0.810. The first-order valence-electron chi connectivity index (χ1n) is 4.54. The van der Waals surface area contributed by atoms with Gasteiger partial charge in [-0.3, -0.25) is 0 Å². The van der Waals surface area contributed by atoms with Gasteiger partial charge in [0.2, 0.25) is 0 Å². The Labute approximate surface area is 73.5 Å². The molecule has 2 heteroatoms. The Balaban J connectivity index is 2.63. The van der Waals surface area contributed by atoms with Gasteiger partial charge in [0.25, 0.3) is 0 Å². The summed E-state index contributed by atoms with van der Waals surface area (Å²) in [6, 6.07) is 1.92. The largest absolute Gasteiger partial charge is 0.378 e. The molecule has 0 aliphatic heterocycles. The zero-order valence-corrected chi connectivity index (χ0v) is 7.40. The third-order valence-corrected chi connectivity index (χ3v) is 2.61. The number of nitrogens with zero attached hydrogens (tertiary/aromatic N) is 1. The molecule has 0 radical (unpaired) electrons. The molecule has 0 amide bonds. The van der Waals surface area contributed by atoms with Gasteiger partial charge in [0.05, 0.1) is 6.07 Å². The molecule has 1 unspecified atom stereocenters. The second-order valence-corrected chi connectivity index (χ2v) is 3.32. The summed E-state index contributed by atoms with van der Waals surface area (Å²) in [5.74, 6) is 0.554. The van der Waals surface area contributed by atoms with Gasteiger partial charge in [-0.2, -0.15) is 5.26 Å². The summed E-state index contributed by atoms with van der Waals surface area (Å²) < 4.78 is 0. The van der Waals surface area contributed by atoms with E-state index in [0.717, 1.165) is 19.3 Å². The molecule has 2 nitrogen and oxygen atoms in total. The van der Waals surface area contributed by atoms with Gasteiger partial charge in [0.1, 0.15) is 6.10 Å². The SMILES string of the molecule is CC[C@H]1C=CCC[C@H]1C(O)C#N. The van der Waals surface area contributed by atoms with Crippen LogP contribution in [0.1, 0.15) is 26.2 Å². The minimum Gasteiger partial charge on any atom is -0.378 e. The first-order valence-corrected chi connectivity index (χ1v) is 4.54. The summed E-state index contributed by atoms with van der Waals surface area (Å²) in [4.78, 5) is 0. The normalized spacial score (nSPS) is 31.1. The van der Waals surface area contributed by atoms with E-state index in [1.807, 2.05) is 6.07 Å². The molecule has 0 saturated heterocycles. The van der Waals surface area contributed by atoms with E-state index >= 15 is 0 Å². The summed E-state index contributed by atoms with van der Waals surface area (Å²) in [6.07, 6.45) is 6.47. The van der Waals surface area contributed by atoms with Crippen molar-refractivity contribution in [3.05, 3.63) is 12.2 Å². The molecule has 0 aromatic carbocycles. The van der Waals surface area contributed by atoms with Gasteiger partial charge < -0.3 is 5.11 Å². The van der Waals surface area contributed by atoms with E-state index in [2.05, 4.69) is 19.1 Å². The molecule has 1 N–H and O–H groups in total. The molecule has 1 aliphatic carbocycles. The highest BCUT2D eigenvalue weighted by Crippen LogP contribution is 2.29. The van der Waals surface area contributed by atoms with Gasteiger partial charge in [0.15, 0.2) is 0 Å². The van der Waals surface area contributed by atoms with Crippen molar-refractivity contribution in [3.63, 3.8) is 0 Å². The lowest BCUT2D eigenvalue weighted by Gasteiger charge is -2.27. The highest BCUT2D eigenvalue weighted by Gasteiger charge is 2.26. The minimum absolute atomic E-state index is 0.157. The van der Waals surface area contributed by atoms with Crippen molar-refractivity contribution < 1.29 is 5.11 Å². The topological polar surface area (TPSA) is 44.0 Å². The van der Waals surface area contributed by atoms with E-state index in [1.165, 1.54) is 0 Å². The monoisotopic (exact) mass is 165 g/mol. The Morgan fingerprint density at radius 1 is 1.75 bits per heavy atom. The lowest BCUT2D eigenvalue weighted by atomic mass is 9.79. The number of hydrogen-bond acceptors (Lipinski definition) is 2. The van der Waals surface area contributed by atoms with E-state index in [4.69, 9.17) is 5.26 Å². The number of aliphatic hydroxyl groups is 1. The maximum atomic E-state index is 9.39. The summed E-state index contributed by atoms with van der Waals surface area (Å²) in [5, 5.41) is 18.0. The summed E-state index contributed by atoms with van der Waals surface area (Å²) in [5.41, 5.74) is 0. The molecule has 0 bridgehead atoms. The summed E-state index contributed by atoms with van der Waals surface area (Å²) in [7, 11) is 0. The minimum atomic E-state index is -0.778. The van der Waals surface area contributed by atoms with Crippen molar-refractivity contribution in [1.82, 2.24) is 0 Å². The van der Waals surface area contributed by atoms with Gasteiger partial charge in [-0.15, -0.1) is 0 Å². The van der Waals surface area contributed by atoms with Crippen molar-refractivity contribution in [2.24, 2.45) is 11.8 Å². The Morgan fingerprint density at radius 2 is 2.50 bits per heavy atom. The fraction of sp³-hybridized carbons (Fsp3) is 0.700. The van der Waals surface area contributed by atoms with Crippen LogP contribution in [0.15, 0.2) is 12.2 Å². The average molecular weight is 165 g/mol. The zero-order chi connectivity index (χ0) is 8.97. The molecule has 3 atom stereocenters. The van der Waals surface area contributed by atoms with Crippen LogP contribution in [0.3, 0.4) is 0 Å². The zero-order valence-electron chi connectivity index (χ0n) is 7.40. The summed E-state index contributed by atoms with van der Waals surface area (Å²) >= 11 is 0. The Kier molecular flexibility index (Phi) is 3.31. The number of allylic oxidation sites excluding steroid dienone is 2. The van der Waals surface area contributed by atoms with E-state index in [1.54, 1.807) is 0 Å². The molecular weight excluding hydrogens is 150 g/mol. The Morgan fingerprint density at radius 3 is 3.08 bits per heavy atom. The molecule has 66 valence electrons. The van der Waals surface area contributed by atoms with Crippen LogP contribution in [0.4, 0.5) is 0 Å². The highest BCUT2D eigenvalue weighted by atomic mass is 16.3. The van der Waals surface area contributed by atoms with E-state index in [9.17, 15) is 5.11 Å². The molecule has 0 saturated carbocycles. The van der Waals surface area contributed by atoms with Crippen LogP contribution < -0.4 is 0 Å². The third kappa shape index (κ3) is 1.86. The van der Waals surface area contributed by atoms with Crippen molar-refractivity contribution >= 4 is 0 Å². The van der Waals surface area contributed by atoms with Crippen LogP contribution in [-0.2, 0) is 0 Å². The van der Waals surface area contributed by atoms with E-state index < -0.39 is 6.10 Å². The second kappa shape index (κ2) is 4.27. The fourth-order valence-corrected chi connectivity index (χ4v) is 1.84. The first-order chi connectivity index (χ1) is 5.79. The molecule has 0 heterocycles. The number of hydrogen-bond donors (Lipinski definition) is 1. The van der Waals surface area contributed by atoms with Crippen molar-refractivity contribution in [2.75, 3.05) is 0 Å². The number of rotatable bonds is 2. The van der Waals surface area contributed by atoms with Gasteiger partial charge in [-0.05, 0) is 25.2 Å². The molecule has 0 spiro atoms. The first kappa shape index (κ1) is 9.28. The quantitative estimate of drug-likeness (QED) is 0.501. The van der Waals surface area contributed by atoms with Crippen LogP contribution in [-0.4, -0.2) is 11.2 Å². The highest BCUT2D eigenvalue weighted by molar-refractivity contribution is 5.02. The fourth-order valence-electron chi connectivity index (χ4n) is 1.84. The number of aliphatic hydroxyl groups excluding tert-OH is 1. The molecule has 1 rings (SSSR count). The summed E-state index contributed by atoms with van der Waals surface area (Å²) in [6.45, 7) is 2.09. The van der Waals surface area contributed by atoms with Crippen molar-refractivity contribution in [3.8, 4) is 6.07 Å². The Bertz CT molecular complexity index is 204. The van der Waals surface area contributed by atoms with Crippen molar-refractivity contribution in [2.45, 2.75) is 32.3 Å². The van der Waals surface area contributed by atoms with Crippen LogP contribution in [0.5, 0.6) is 0 Å². The van der Waals surface area contributed by atoms with Gasteiger partial charge in [0, 0.05) is 5.92 Å². The van der Waals surface area contributed by atoms with Crippen LogP contribution in [0.25, 0.3) is 0 Å². The third-order valence-electron chi connectivity index (χ3n) is 2.61. The second-order valence-electron chi connectivity index (χ2n) is 3.32. The van der Waals surface area contributed by atoms with Crippen molar-refractivity contribution in [1.29, 1.82) is 5.26 Å². The lowest BCUT2D eigenvalue weighted by Crippen LogP contribution is -2.27. The van der Waals surface area contributed by atoms with Crippen LogP contribution >= 0.6 is 0 Å². The molecule has 0 aromatic rings. The maximum absolute atomic E-state index is 9.39. The van der Waals surface area contributed by atoms with Gasteiger partial charge >= 0.3 is 0 Å². The lowest BCUT2D eigenvalue weighted by molar-refractivity contribution is 0.120. The van der Waals surface area contributed by atoms with Crippen LogP contribution in [0, 0.1) is 23.2 Å².